The highest BCUT2D eigenvalue weighted by Crippen LogP contribution is 2.36. The summed E-state index contributed by atoms with van der Waals surface area (Å²) < 4.78 is 116. The third kappa shape index (κ3) is 3.40. The van der Waals surface area contributed by atoms with Crippen LogP contribution in [0.15, 0.2) is 72.9 Å². The smallest absolute Gasteiger partial charge is 0.145 e. The lowest BCUT2D eigenvalue weighted by Crippen LogP contribution is -2.05. The number of fused-ring (bicyclic) bond motifs is 6. The van der Waals surface area contributed by atoms with Crippen molar-refractivity contribution in [1.82, 2.24) is 9.38 Å². The van der Waals surface area contributed by atoms with Crippen molar-refractivity contribution < 1.29 is 19.2 Å². The highest BCUT2D eigenvalue weighted by molar-refractivity contribution is 6.12. The van der Waals surface area contributed by atoms with E-state index in [1.54, 1.807) is 4.40 Å². The summed E-state index contributed by atoms with van der Waals surface area (Å²) in [4.78, 5) is 4.67. The second-order valence-corrected chi connectivity index (χ2v) is 7.63. The summed E-state index contributed by atoms with van der Waals surface area (Å²) in [6, 6.07) is 19.3. The van der Waals surface area contributed by atoms with Gasteiger partial charge in [-0.05, 0) is 47.2 Å². The van der Waals surface area contributed by atoms with Crippen LogP contribution in [0.25, 0.3) is 38.6 Å². The van der Waals surface area contributed by atoms with Crippen LogP contribution in [0, 0.1) is 11.8 Å². The summed E-state index contributed by atoms with van der Waals surface area (Å²) in [7, 11) is 0. The molecule has 156 valence electrons. The fourth-order valence-electron chi connectivity index (χ4n) is 4.43. The zero-order chi connectivity index (χ0) is 33.4. The van der Waals surface area contributed by atoms with Crippen LogP contribution in [-0.4, -0.2) is 9.38 Å². The largest absolute Gasteiger partial charge is 0.292 e. The third-order valence-corrected chi connectivity index (χ3v) is 5.59. The lowest BCUT2D eigenvalue weighted by atomic mass is 9.89. The first kappa shape index (κ1) is 9.56. The van der Waals surface area contributed by atoms with Crippen molar-refractivity contribution in [2.75, 3.05) is 0 Å². The van der Waals surface area contributed by atoms with E-state index in [4.69, 9.17) is 19.2 Å². The van der Waals surface area contributed by atoms with Crippen molar-refractivity contribution in [3.8, 4) is 11.3 Å². The van der Waals surface area contributed by atoms with Crippen molar-refractivity contribution in [1.29, 1.82) is 0 Å². The van der Waals surface area contributed by atoms with Crippen molar-refractivity contribution in [3.05, 3.63) is 84.1 Å². The van der Waals surface area contributed by atoms with Crippen LogP contribution in [0.1, 0.15) is 57.7 Å². The van der Waals surface area contributed by atoms with E-state index < -0.39 is 52.0 Å². The van der Waals surface area contributed by atoms with E-state index >= 15 is 0 Å². The number of hydrogen-bond acceptors (Lipinski definition) is 1. The average molecular weight is 421 g/mol. The Morgan fingerprint density at radius 3 is 2.06 bits per heavy atom. The van der Waals surface area contributed by atoms with Gasteiger partial charge in [0, 0.05) is 35.5 Å². The molecule has 2 heterocycles. The molecule has 0 radical (unpaired) electrons. The van der Waals surface area contributed by atoms with E-state index in [1.807, 2.05) is 48.5 Å². The first-order chi connectivity index (χ1) is 20.6. The van der Waals surface area contributed by atoms with Crippen LogP contribution in [0.4, 0.5) is 0 Å². The number of benzene rings is 3. The summed E-state index contributed by atoms with van der Waals surface area (Å²) in [6.45, 7) is -13.0. The number of aromatic nitrogens is 2. The Morgan fingerprint density at radius 1 is 0.774 bits per heavy atom. The van der Waals surface area contributed by atoms with Crippen LogP contribution in [-0.2, 0) is 12.8 Å². The zero-order valence-electron chi connectivity index (χ0n) is 30.7. The number of hydrogen-bond donors (Lipinski definition) is 0. The molecule has 2 aromatic heterocycles. The number of para-hydroxylation sites is 1. The lowest BCUT2D eigenvalue weighted by molar-refractivity contribution is 0.637. The Bertz CT molecular complexity index is 1810. The summed E-state index contributed by atoms with van der Waals surface area (Å²) in [5, 5.41) is 2.50. The predicted octanol–water partition coefficient (Wildman–Crippen LogP) is 7.70. The maximum Gasteiger partial charge on any atom is 0.145 e. The molecule has 5 rings (SSSR count). The molecule has 0 N–H and O–H groups in total. The van der Waals surface area contributed by atoms with Gasteiger partial charge in [0.1, 0.15) is 5.65 Å². The van der Waals surface area contributed by atoms with Gasteiger partial charge in [0.15, 0.2) is 0 Å². The molecule has 0 aliphatic carbocycles. The van der Waals surface area contributed by atoms with Gasteiger partial charge in [-0.1, -0.05) is 88.1 Å². The van der Waals surface area contributed by atoms with E-state index in [-0.39, 0.29) is 16.7 Å². The molecular formula is C29H30N2. The fraction of sp³-hybridized carbons (Fsp3) is 0.276. The molecule has 0 saturated heterocycles. The maximum atomic E-state index is 8.77. The quantitative estimate of drug-likeness (QED) is 0.266. The molecule has 0 atom stereocenters. The molecular weight excluding hydrogens is 376 g/mol. The number of rotatable bonds is 5. The molecule has 0 bridgehead atoms. The van der Waals surface area contributed by atoms with Crippen LogP contribution < -0.4 is 0 Å². The monoisotopic (exact) mass is 420 g/mol. The van der Waals surface area contributed by atoms with Crippen molar-refractivity contribution in [2.24, 2.45) is 11.8 Å². The molecule has 0 aliphatic rings. The summed E-state index contributed by atoms with van der Waals surface area (Å²) >= 11 is 0. The first-order valence-electron chi connectivity index (χ1n) is 17.0. The minimum absolute atomic E-state index is 0.0622. The predicted molar refractivity (Wildman–Crippen MR) is 133 cm³/mol. The van der Waals surface area contributed by atoms with Gasteiger partial charge >= 0.3 is 0 Å². The Balaban J connectivity index is 1.91. The molecule has 0 unspecified atom stereocenters. The van der Waals surface area contributed by atoms with Crippen molar-refractivity contribution >= 4 is 27.3 Å². The van der Waals surface area contributed by atoms with Gasteiger partial charge in [0.05, 0.1) is 17.4 Å². The maximum absolute atomic E-state index is 8.77. The molecule has 0 amide bonds. The van der Waals surface area contributed by atoms with Gasteiger partial charge in [-0.15, -0.1) is 0 Å². The summed E-state index contributed by atoms with van der Waals surface area (Å²) in [5.74, 6) is -5.95. The van der Waals surface area contributed by atoms with Crippen molar-refractivity contribution in [3.63, 3.8) is 0 Å². The highest BCUT2D eigenvalue weighted by Gasteiger charge is 2.19. The third-order valence-electron chi connectivity index (χ3n) is 5.59. The number of imidazole rings is 1. The van der Waals surface area contributed by atoms with E-state index in [2.05, 4.69) is 4.98 Å². The van der Waals surface area contributed by atoms with E-state index in [1.165, 1.54) is 24.4 Å². The van der Waals surface area contributed by atoms with Gasteiger partial charge in [-0.2, -0.15) is 0 Å². The van der Waals surface area contributed by atoms with E-state index in [0.717, 1.165) is 16.2 Å². The number of nitrogens with zero attached hydrogens (tertiary/aromatic N) is 2. The van der Waals surface area contributed by atoms with Gasteiger partial charge in [-0.25, -0.2) is 4.98 Å². The molecule has 0 fully saturated rings. The fourth-order valence-corrected chi connectivity index (χ4v) is 4.43. The molecule has 0 aliphatic heterocycles. The Morgan fingerprint density at radius 2 is 1.39 bits per heavy atom. The standard InChI is InChI=1S/C29H30N2/c1-19(2)16-21-10-9-11-22(17-20(3)4)28(21)27-18-30-29-25-14-6-5-12-23(25)24-13-7-8-15-26(24)31(27)29/h5-15,18-20H,16-17H2,1-4H3/i1D3,2D3,3D3,4D3,19D,20D. The molecule has 31 heavy (non-hydrogen) atoms. The highest BCUT2D eigenvalue weighted by atomic mass is 15.0. The summed E-state index contributed by atoms with van der Waals surface area (Å²) in [6.07, 6.45) is -0.147. The Hall–Kier alpha value is -3.13. The van der Waals surface area contributed by atoms with Gasteiger partial charge < -0.3 is 0 Å². The molecule has 0 saturated carbocycles. The molecule has 2 heteroatoms. The molecule has 2 nitrogen and oxygen atoms in total. The first-order valence-corrected chi connectivity index (χ1v) is 10.0. The minimum Gasteiger partial charge on any atom is -0.292 e. The second kappa shape index (κ2) is 7.85. The normalized spacial score (nSPS) is 21.0. The van der Waals surface area contributed by atoms with Crippen LogP contribution in [0.3, 0.4) is 0 Å². The van der Waals surface area contributed by atoms with Crippen molar-refractivity contribution in [2.45, 2.75) is 40.2 Å². The molecule has 0 spiro atoms. The topological polar surface area (TPSA) is 17.3 Å². The minimum atomic E-state index is -3.26. The van der Waals surface area contributed by atoms with Crippen LogP contribution in [0.5, 0.6) is 0 Å². The molecule has 3 aromatic carbocycles. The molecule has 5 aromatic rings. The Labute approximate surface area is 204 Å². The van der Waals surface area contributed by atoms with E-state index in [0.29, 0.717) is 16.9 Å². The number of pyridine rings is 1. The second-order valence-electron chi connectivity index (χ2n) is 7.63. The SMILES string of the molecule is [2H]C([2H])([2H])C([2H])(Cc1cccc(CC([2H])(C([2H])([2H])[2H])C([2H])([2H])[2H])c1-c1cnc2c3ccccc3c3ccccc3n12)C([2H])([2H])[2H]. The summed E-state index contributed by atoms with van der Waals surface area (Å²) in [5.41, 5.74) is 1.72. The van der Waals surface area contributed by atoms with Crippen LogP contribution in [0.2, 0.25) is 0 Å². The van der Waals surface area contributed by atoms with Gasteiger partial charge in [0.25, 0.3) is 0 Å². The Kier molecular flexibility index (Phi) is 2.42. The lowest BCUT2D eigenvalue weighted by Gasteiger charge is -2.19. The van der Waals surface area contributed by atoms with Crippen LogP contribution >= 0.6 is 0 Å². The average Bonchev–Trinajstić information content (AvgIpc) is 3.36. The van der Waals surface area contributed by atoms with Gasteiger partial charge in [-0.3, -0.25) is 4.40 Å². The van der Waals surface area contributed by atoms with Gasteiger partial charge in [0.2, 0.25) is 0 Å². The zero-order valence-corrected chi connectivity index (χ0v) is 16.7. The van der Waals surface area contributed by atoms with E-state index in [9.17, 15) is 0 Å².